The van der Waals surface area contributed by atoms with Crippen LogP contribution >= 0.6 is 0 Å². The normalized spacial score (nSPS) is 25.3. The zero-order valence-corrected chi connectivity index (χ0v) is 16.2. The van der Waals surface area contributed by atoms with E-state index in [1.807, 2.05) is 0 Å². The van der Waals surface area contributed by atoms with Gasteiger partial charge in [-0.15, -0.1) is 0 Å². The summed E-state index contributed by atoms with van der Waals surface area (Å²) in [5, 5.41) is 0. The Kier molecular flexibility index (Phi) is 7.42. The zero-order valence-electron chi connectivity index (χ0n) is 16.2. The van der Waals surface area contributed by atoms with E-state index in [1.54, 1.807) is 0 Å². The van der Waals surface area contributed by atoms with Gasteiger partial charge in [0.15, 0.2) is 0 Å². The molecule has 1 aromatic rings. The van der Waals surface area contributed by atoms with Gasteiger partial charge >= 0.3 is 7.12 Å². The van der Waals surface area contributed by atoms with E-state index in [-0.39, 0.29) is 7.12 Å². The number of hydrogen-bond acceptors (Lipinski definition) is 2. The molecule has 0 bridgehead atoms. The molecule has 2 aliphatic rings. The smallest absolute Gasteiger partial charge is 0.407 e. The summed E-state index contributed by atoms with van der Waals surface area (Å²) in [4.78, 5) is 0. The van der Waals surface area contributed by atoms with Gasteiger partial charge in [-0.3, -0.25) is 0 Å². The maximum absolute atomic E-state index is 5.98. The van der Waals surface area contributed by atoms with Crippen molar-refractivity contribution in [3.05, 3.63) is 29.8 Å². The Morgan fingerprint density at radius 1 is 0.840 bits per heavy atom. The lowest BCUT2D eigenvalue weighted by molar-refractivity contribution is 0.0813. The van der Waals surface area contributed by atoms with Crippen LogP contribution in [-0.2, 0) is 9.31 Å². The molecular weight excluding hydrogens is 307 g/mol. The molecule has 1 heterocycles. The van der Waals surface area contributed by atoms with Crippen LogP contribution in [0, 0.1) is 11.8 Å². The standard InChI is InChI=1S/C22H35BO2/c1-3-5-7-19-16-24-23(25-17-19)22-14-12-21(13-15-22)20-10-8-18(6-4-2)9-11-20/h12-15,18-20H,3-11,16-17H2,1-2H3. The van der Waals surface area contributed by atoms with Gasteiger partial charge in [0.25, 0.3) is 0 Å². The van der Waals surface area contributed by atoms with Crippen LogP contribution in [-0.4, -0.2) is 20.3 Å². The topological polar surface area (TPSA) is 18.5 Å². The molecule has 138 valence electrons. The van der Waals surface area contributed by atoms with Crippen molar-refractivity contribution >= 4 is 12.6 Å². The molecule has 2 fully saturated rings. The van der Waals surface area contributed by atoms with Crippen LogP contribution in [0.25, 0.3) is 0 Å². The third-order valence-electron chi connectivity index (χ3n) is 6.16. The van der Waals surface area contributed by atoms with E-state index in [4.69, 9.17) is 9.31 Å². The molecule has 0 aromatic heterocycles. The van der Waals surface area contributed by atoms with E-state index in [9.17, 15) is 0 Å². The summed E-state index contributed by atoms with van der Waals surface area (Å²) < 4.78 is 12.0. The van der Waals surface area contributed by atoms with Crippen molar-refractivity contribution in [3.63, 3.8) is 0 Å². The first kappa shape index (κ1) is 19.0. The molecule has 2 nitrogen and oxygen atoms in total. The molecule has 1 aromatic carbocycles. The van der Waals surface area contributed by atoms with Gasteiger partial charge in [-0.25, -0.2) is 0 Å². The fraction of sp³-hybridized carbons (Fsp3) is 0.727. The lowest BCUT2D eigenvalue weighted by Crippen LogP contribution is -2.44. The predicted octanol–water partition coefficient (Wildman–Crippen LogP) is 5.31. The van der Waals surface area contributed by atoms with Gasteiger partial charge in [-0.1, -0.05) is 63.8 Å². The van der Waals surface area contributed by atoms with E-state index in [0.29, 0.717) is 5.92 Å². The van der Waals surface area contributed by atoms with Crippen molar-refractivity contribution in [2.45, 2.75) is 77.6 Å². The summed E-state index contributed by atoms with van der Waals surface area (Å²) in [6.07, 6.45) is 12.1. The quantitative estimate of drug-likeness (QED) is 0.625. The number of benzene rings is 1. The summed E-state index contributed by atoms with van der Waals surface area (Å²) in [7, 11) is -0.160. The van der Waals surface area contributed by atoms with E-state index < -0.39 is 0 Å². The molecule has 0 N–H and O–H groups in total. The summed E-state index contributed by atoms with van der Waals surface area (Å²) in [6, 6.07) is 9.08. The number of hydrogen-bond donors (Lipinski definition) is 0. The fourth-order valence-corrected chi connectivity index (χ4v) is 4.51. The van der Waals surface area contributed by atoms with Gasteiger partial charge in [-0.2, -0.15) is 0 Å². The van der Waals surface area contributed by atoms with E-state index >= 15 is 0 Å². The zero-order chi connectivity index (χ0) is 17.5. The van der Waals surface area contributed by atoms with Crippen LogP contribution in [0.4, 0.5) is 0 Å². The average Bonchev–Trinajstić information content (AvgIpc) is 2.68. The Balaban J connectivity index is 1.48. The van der Waals surface area contributed by atoms with Gasteiger partial charge < -0.3 is 9.31 Å². The minimum Gasteiger partial charge on any atom is -0.407 e. The molecule has 3 heteroatoms. The van der Waals surface area contributed by atoms with Crippen molar-refractivity contribution < 1.29 is 9.31 Å². The van der Waals surface area contributed by atoms with Crippen molar-refractivity contribution in [2.75, 3.05) is 13.2 Å². The SMILES string of the molecule is CCCCC1COB(c2ccc(C3CCC(CCC)CC3)cc2)OC1. The maximum Gasteiger partial charge on any atom is 0.493 e. The third kappa shape index (κ3) is 5.34. The molecule has 3 rings (SSSR count). The Morgan fingerprint density at radius 2 is 1.52 bits per heavy atom. The molecule has 0 unspecified atom stereocenters. The van der Waals surface area contributed by atoms with Crippen LogP contribution in [0.1, 0.15) is 83.1 Å². The lowest BCUT2D eigenvalue weighted by atomic mass is 9.74. The number of rotatable bonds is 7. The molecule has 0 amide bonds. The van der Waals surface area contributed by atoms with Crippen molar-refractivity contribution in [2.24, 2.45) is 11.8 Å². The molecular formula is C22H35BO2. The van der Waals surface area contributed by atoms with E-state index in [0.717, 1.165) is 25.0 Å². The van der Waals surface area contributed by atoms with Gasteiger partial charge in [0, 0.05) is 19.1 Å². The average molecular weight is 342 g/mol. The van der Waals surface area contributed by atoms with Crippen molar-refractivity contribution in [1.29, 1.82) is 0 Å². The van der Waals surface area contributed by atoms with Crippen molar-refractivity contribution in [3.8, 4) is 0 Å². The minimum atomic E-state index is -0.160. The highest BCUT2D eigenvalue weighted by molar-refractivity contribution is 6.61. The monoisotopic (exact) mass is 342 g/mol. The van der Waals surface area contributed by atoms with Crippen LogP contribution < -0.4 is 5.46 Å². The van der Waals surface area contributed by atoms with Crippen molar-refractivity contribution in [1.82, 2.24) is 0 Å². The van der Waals surface area contributed by atoms with Gasteiger partial charge in [0.2, 0.25) is 0 Å². The molecule has 25 heavy (non-hydrogen) atoms. The summed E-state index contributed by atoms with van der Waals surface area (Å²) in [5.41, 5.74) is 2.69. The van der Waals surface area contributed by atoms with Gasteiger partial charge in [0.1, 0.15) is 0 Å². The highest BCUT2D eigenvalue weighted by Gasteiger charge is 2.29. The van der Waals surface area contributed by atoms with Crippen LogP contribution in [0.15, 0.2) is 24.3 Å². The summed E-state index contributed by atoms with van der Waals surface area (Å²) in [6.45, 7) is 6.24. The molecule has 0 radical (unpaired) electrons. The van der Waals surface area contributed by atoms with Crippen LogP contribution in [0.5, 0.6) is 0 Å². The summed E-state index contributed by atoms with van der Waals surface area (Å²) >= 11 is 0. The highest BCUT2D eigenvalue weighted by atomic mass is 16.6. The number of unbranched alkanes of at least 4 members (excludes halogenated alkanes) is 1. The second-order valence-corrected chi connectivity index (χ2v) is 8.18. The predicted molar refractivity (Wildman–Crippen MR) is 106 cm³/mol. The maximum atomic E-state index is 5.98. The molecule has 0 atom stereocenters. The Morgan fingerprint density at radius 3 is 2.12 bits per heavy atom. The largest absolute Gasteiger partial charge is 0.493 e. The first-order valence-corrected chi connectivity index (χ1v) is 10.6. The molecule has 0 spiro atoms. The Hall–Kier alpha value is -0.795. The first-order chi connectivity index (χ1) is 12.3. The minimum absolute atomic E-state index is 0.160. The first-order valence-electron chi connectivity index (χ1n) is 10.6. The second kappa shape index (κ2) is 9.78. The molecule has 1 aliphatic carbocycles. The lowest BCUT2D eigenvalue weighted by Gasteiger charge is -2.29. The third-order valence-corrected chi connectivity index (χ3v) is 6.16. The van der Waals surface area contributed by atoms with E-state index in [2.05, 4.69) is 38.1 Å². The molecule has 1 saturated carbocycles. The van der Waals surface area contributed by atoms with E-state index in [1.165, 1.54) is 68.8 Å². The fourth-order valence-electron chi connectivity index (χ4n) is 4.51. The van der Waals surface area contributed by atoms with Crippen LogP contribution in [0.3, 0.4) is 0 Å². The Labute approximate surface area is 154 Å². The van der Waals surface area contributed by atoms with Gasteiger partial charge in [-0.05, 0) is 55.0 Å². The Bertz CT molecular complexity index is 485. The summed E-state index contributed by atoms with van der Waals surface area (Å²) in [5.74, 6) is 2.31. The molecule has 1 saturated heterocycles. The van der Waals surface area contributed by atoms with Crippen LogP contribution in [0.2, 0.25) is 0 Å². The highest BCUT2D eigenvalue weighted by Crippen LogP contribution is 2.37. The van der Waals surface area contributed by atoms with Gasteiger partial charge in [0.05, 0.1) is 0 Å². The second-order valence-electron chi connectivity index (χ2n) is 8.18. The molecule has 1 aliphatic heterocycles.